The average molecular weight is 283 g/mol. The molecule has 0 saturated heterocycles. The van der Waals surface area contributed by atoms with Crippen molar-refractivity contribution in [1.82, 2.24) is 15.0 Å². The maximum Gasteiger partial charge on any atom is 0.134 e. The first-order valence-electron chi connectivity index (χ1n) is 5.13. The highest BCUT2D eigenvalue weighted by Gasteiger charge is 2.06. The van der Waals surface area contributed by atoms with Gasteiger partial charge in [0.1, 0.15) is 23.0 Å². The number of hydrogen-bond acceptors (Lipinski definition) is 4. The molecule has 94 valence electrons. The number of hydrogen-bond donors (Lipinski definition) is 1. The lowest BCUT2D eigenvalue weighted by molar-refractivity contribution is 0.301. The summed E-state index contributed by atoms with van der Waals surface area (Å²) in [5, 5.41) is 8.20. The van der Waals surface area contributed by atoms with Crippen molar-refractivity contribution in [1.29, 1.82) is 0 Å². The van der Waals surface area contributed by atoms with E-state index in [2.05, 4.69) is 10.3 Å². The van der Waals surface area contributed by atoms with Gasteiger partial charge in [-0.1, -0.05) is 29.0 Å². The van der Waals surface area contributed by atoms with Crippen molar-refractivity contribution in [3.05, 3.63) is 40.7 Å². The van der Waals surface area contributed by atoms with E-state index in [1.54, 1.807) is 36.1 Å². The molecule has 0 unspecified atom stereocenters. The molecular formula is C11H11ClN4OS. The van der Waals surface area contributed by atoms with E-state index in [9.17, 15) is 0 Å². The minimum atomic E-state index is 0.264. The number of rotatable bonds is 4. The summed E-state index contributed by atoms with van der Waals surface area (Å²) >= 11 is 10.9. The lowest BCUT2D eigenvalue weighted by atomic mass is 10.2. The van der Waals surface area contributed by atoms with Crippen LogP contribution in [0.15, 0.2) is 24.4 Å². The Balaban J connectivity index is 2.06. The molecule has 0 saturated carbocycles. The molecule has 0 spiro atoms. The van der Waals surface area contributed by atoms with Crippen LogP contribution in [0.5, 0.6) is 5.75 Å². The van der Waals surface area contributed by atoms with Gasteiger partial charge in [0.05, 0.1) is 11.2 Å². The van der Waals surface area contributed by atoms with Gasteiger partial charge in [0.2, 0.25) is 0 Å². The van der Waals surface area contributed by atoms with E-state index in [4.69, 9.17) is 34.3 Å². The van der Waals surface area contributed by atoms with Crippen molar-refractivity contribution in [2.75, 3.05) is 0 Å². The third-order valence-electron chi connectivity index (χ3n) is 2.24. The van der Waals surface area contributed by atoms with Crippen LogP contribution in [-0.4, -0.2) is 20.0 Å². The first-order valence-corrected chi connectivity index (χ1v) is 5.92. The zero-order valence-electron chi connectivity index (χ0n) is 9.63. The quantitative estimate of drug-likeness (QED) is 0.865. The van der Waals surface area contributed by atoms with Gasteiger partial charge in [0.15, 0.2) is 0 Å². The third-order valence-corrected chi connectivity index (χ3v) is 2.78. The van der Waals surface area contributed by atoms with Crippen LogP contribution in [0.2, 0.25) is 5.02 Å². The summed E-state index contributed by atoms with van der Waals surface area (Å²) in [5.41, 5.74) is 6.90. The Morgan fingerprint density at radius 3 is 2.89 bits per heavy atom. The van der Waals surface area contributed by atoms with Crippen molar-refractivity contribution in [2.24, 2.45) is 12.8 Å². The fraction of sp³-hybridized carbons (Fsp3) is 0.182. The van der Waals surface area contributed by atoms with Gasteiger partial charge in [0.25, 0.3) is 0 Å². The van der Waals surface area contributed by atoms with Crippen molar-refractivity contribution >= 4 is 28.8 Å². The summed E-state index contributed by atoms with van der Waals surface area (Å²) in [6, 6.07) is 5.17. The first kappa shape index (κ1) is 12.8. The Hall–Kier alpha value is -1.66. The summed E-state index contributed by atoms with van der Waals surface area (Å²) < 4.78 is 7.15. The topological polar surface area (TPSA) is 66.0 Å². The number of ether oxygens (including phenoxy) is 1. The van der Waals surface area contributed by atoms with Crippen molar-refractivity contribution < 1.29 is 4.74 Å². The van der Waals surface area contributed by atoms with Gasteiger partial charge in [0, 0.05) is 12.6 Å². The number of aromatic nitrogens is 3. The summed E-state index contributed by atoms with van der Waals surface area (Å²) in [6.45, 7) is 0.330. The predicted octanol–water partition coefficient (Wildman–Crippen LogP) is 1.68. The molecule has 0 fully saturated rings. The van der Waals surface area contributed by atoms with Crippen LogP contribution in [0.3, 0.4) is 0 Å². The molecule has 0 aliphatic carbocycles. The normalized spacial score (nSPS) is 10.3. The lowest BCUT2D eigenvalue weighted by Crippen LogP contribution is -2.09. The van der Waals surface area contributed by atoms with Gasteiger partial charge in [-0.3, -0.25) is 4.68 Å². The maximum atomic E-state index is 6.03. The largest absolute Gasteiger partial charge is 0.487 e. The Bertz CT molecular complexity index is 584. The molecule has 18 heavy (non-hydrogen) atoms. The van der Waals surface area contributed by atoms with E-state index in [1.165, 1.54) is 0 Å². The van der Waals surface area contributed by atoms with E-state index in [-0.39, 0.29) is 4.99 Å². The predicted molar refractivity (Wildman–Crippen MR) is 72.7 cm³/mol. The third kappa shape index (κ3) is 2.96. The van der Waals surface area contributed by atoms with Crippen LogP contribution >= 0.6 is 23.8 Å². The molecule has 0 aliphatic heterocycles. The lowest BCUT2D eigenvalue weighted by Gasteiger charge is -2.07. The minimum Gasteiger partial charge on any atom is -0.487 e. The van der Waals surface area contributed by atoms with Crippen LogP contribution in [0.1, 0.15) is 11.3 Å². The van der Waals surface area contributed by atoms with E-state index >= 15 is 0 Å². The van der Waals surface area contributed by atoms with E-state index in [0.717, 1.165) is 5.69 Å². The second kappa shape index (κ2) is 5.32. The minimum absolute atomic E-state index is 0.264. The second-order valence-corrected chi connectivity index (χ2v) is 4.53. The zero-order valence-corrected chi connectivity index (χ0v) is 11.2. The molecule has 0 aliphatic rings. The number of aryl methyl sites for hydroxylation is 1. The molecule has 2 rings (SSSR count). The van der Waals surface area contributed by atoms with Crippen LogP contribution in [0.4, 0.5) is 0 Å². The molecule has 2 aromatic rings. The molecule has 0 bridgehead atoms. The highest BCUT2D eigenvalue weighted by Crippen LogP contribution is 2.23. The van der Waals surface area contributed by atoms with Crippen molar-refractivity contribution in [2.45, 2.75) is 6.61 Å². The van der Waals surface area contributed by atoms with Gasteiger partial charge in [-0.15, -0.1) is 5.10 Å². The van der Waals surface area contributed by atoms with E-state index < -0.39 is 0 Å². The zero-order chi connectivity index (χ0) is 13.1. The Morgan fingerprint density at radius 2 is 2.33 bits per heavy atom. The molecule has 1 aromatic heterocycles. The maximum absolute atomic E-state index is 6.03. The van der Waals surface area contributed by atoms with Crippen LogP contribution in [0, 0.1) is 0 Å². The Morgan fingerprint density at radius 1 is 1.56 bits per heavy atom. The Kier molecular flexibility index (Phi) is 3.78. The van der Waals surface area contributed by atoms with Crippen molar-refractivity contribution in [3.63, 3.8) is 0 Å². The average Bonchev–Trinajstić information content (AvgIpc) is 2.72. The molecule has 5 nitrogen and oxygen atoms in total. The SMILES string of the molecule is Cn1cc(COc2ccc(C(N)=S)c(Cl)c2)nn1. The summed E-state index contributed by atoms with van der Waals surface area (Å²) in [5.74, 6) is 0.630. The standard InChI is InChI=1S/C11H11ClN4OS/c1-16-5-7(14-15-16)6-17-8-2-3-9(11(13)18)10(12)4-8/h2-5H,6H2,1H3,(H2,13,18). The van der Waals surface area contributed by atoms with E-state index in [0.29, 0.717) is 22.9 Å². The van der Waals surface area contributed by atoms with Crippen LogP contribution in [0.25, 0.3) is 0 Å². The summed E-state index contributed by atoms with van der Waals surface area (Å²) in [6.07, 6.45) is 1.78. The fourth-order valence-corrected chi connectivity index (χ4v) is 1.91. The molecule has 1 heterocycles. The van der Waals surface area contributed by atoms with Crippen molar-refractivity contribution in [3.8, 4) is 5.75 Å². The molecule has 0 atom stereocenters. The van der Waals surface area contributed by atoms with Crippen LogP contribution < -0.4 is 10.5 Å². The molecule has 2 N–H and O–H groups in total. The highest BCUT2D eigenvalue weighted by atomic mass is 35.5. The highest BCUT2D eigenvalue weighted by molar-refractivity contribution is 7.80. The summed E-state index contributed by atoms with van der Waals surface area (Å²) in [7, 11) is 1.80. The van der Waals surface area contributed by atoms with Gasteiger partial charge in [-0.05, 0) is 18.2 Å². The number of thiocarbonyl (C=S) groups is 1. The first-order chi connectivity index (χ1) is 8.56. The van der Waals surface area contributed by atoms with E-state index in [1.807, 2.05) is 0 Å². The van der Waals surface area contributed by atoms with Gasteiger partial charge < -0.3 is 10.5 Å². The molecule has 0 amide bonds. The summed E-state index contributed by atoms with van der Waals surface area (Å²) in [4.78, 5) is 0.264. The second-order valence-electron chi connectivity index (χ2n) is 3.68. The Labute approximate surface area is 114 Å². The number of nitrogens with zero attached hydrogens (tertiary/aromatic N) is 3. The number of halogens is 1. The van der Waals surface area contributed by atoms with Gasteiger partial charge in [-0.25, -0.2) is 0 Å². The van der Waals surface area contributed by atoms with Gasteiger partial charge >= 0.3 is 0 Å². The number of benzene rings is 1. The molecule has 7 heteroatoms. The van der Waals surface area contributed by atoms with Gasteiger partial charge in [-0.2, -0.15) is 0 Å². The smallest absolute Gasteiger partial charge is 0.134 e. The fourth-order valence-electron chi connectivity index (χ4n) is 1.40. The molecule has 1 aromatic carbocycles. The number of nitrogens with two attached hydrogens (primary N) is 1. The monoisotopic (exact) mass is 282 g/mol. The molecular weight excluding hydrogens is 272 g/mol. The molecule has 0 radical (unpaired) electrons. The van der Waals surface area contributed by atoms with Crippen LogP contribution in [-0.2, 0) is 13.7 Å².